The Morgan fingerprint density at radius 3 is 2.25 bits per heavy atom. The number of benzene rings is 1. The normalized spacial score (nSPS) is 12.1. The molecule has 0 fully saturated rings. The van der Waals surface area contributed by atoms with E-state index in [1.54, 1.807) is 26.2 Å². The Labute approximate surface area is 95.3 Å². The molecule has 1 aromatic rings. The fourth-order valence-electron chi connectivity index (χ4n) is 1.50. The van der Waals surface area contributed by atoms with Gasteiger partial charge in [0, 0.05) is 6.07 Å². The number of hydrogen-bond donors (Lipinski definition) is 1. The van der Waals surface area contributed by atoms with Gasteiger partial charge < -0.3 is 15.2 Å². The third-order valence-corrected chi connectivity index (χ3v) is 2.40. The number of hydrogen-bond acceptors (Lipinski definition) is 4. The summed E-state index contributed by atoms with van der Waals surface area (Å²) in [6, 6.07) is 2.90. The smallest absolute Gasteiger partial charge is 0.182 e. The van der Waals surface area contributed by atoms with Crippen molar-refractivity contribution in [1.29, 1.82) is 0 Å². The third-order valence-electron chi connectivity index (χ3n) is 2.40. The first kappa shape index (κ1) is 12.5. The molecule has 1 aromatic carbocycles. The predicted octanol–water partition coefficient (Wildman–Crippen LogP) is 1.54. The second kappa shape index (κ2) is 4.99. The molecule has 4 heteroatoms. The average Bonchev–Trinajstić information content (AvgIpc) is 2.27. The molecule has 88 valence electrons. The lowest BCUT2D eigenvalue weighted by molar-refractivity contribution is 0.0965. The van der Waals surface area contributed by atoms with Crippen LogP contribution in [0.3, 0.4) is 0 Å². The molecule has 0 aliphatic carbocycles. The summed E-state index contributed by atoms with van der Waals surface area (Å²) in [6.07, 6.45) is 0. The van der Waals surface area contributed by atoms with Crippen LogP contribution in [0.1, 0.15) is 22.8 Å². The van der Waals surface area contributed by atoms with Gasteiger partial charge in [0.05, 0.1) is 25.8 Å². The Morgan fingerprint density at radius 1 is 1.25 bits per heavy atom. The van der Waals surface area contributed by atoms with Crippen LogP contribution in [0, 0.1) is 6.92 Å². The molecule has 0 spiro atoms. The summed E-state index contributed by atoms with van der Waals surface area (Å²) in [4.78, 5) is 11.8. The van der Waals surface area contributed by atoms with Gasteiger partial charge in [-0.15, -0.1) is 0 Å². The molecule has 0 bridgehead atoms. The molecule has 1 rings (SSSR count). The summed E-state index contributed by atoms with van der Waals surface area (Å²) in [5, 5.41) is 0. The van der Waals surface area contributed by atoms with Crippen LogP contribution >= 0.6 is 0 Å². The van der Waals surface area contributed by atoms with E-state index in [0.29, 0.717) is 17.1 Å². The van der Waals surface area contributed by atoms with E-state index in [1.807, 2.05) is 6.92 Å². The SMILES string of the molecule is COc1cc(OC)c(C(=O)C(C)N)cc1C. The van der Waals surface area contributed by atoms with Gasteiger partial charge in [0.25, 0.3) is 0 Å². The Kier molecular flexibility index (Phi) is 3.90. The molecule has 0 heterocycles. The predicted molar refractivity (Wildman–Crippen MR) is 62.3 cm³/mol. The van der Waals surface area contributed by atoms with Crippen LogP contribution in [0.25, 0.3) is 0 Å². The molecule has 0 aliphatic rings. The van der Waals surface area contributed by atoms with Crippen molar-refractivity contribution in [3.05, 3.63) is 23.3 Å². The van der Waals surface area contributed by atoms with Crippen LogP contribution in [-0.4, -0.2) is 26.0 Å². The number of methoxy groups -OCH3 is 2. The highest BCUT2D eigenvalue weighted by Gasteiger charge is 2.18. The minimum absolute atomic E-state index is 0.136. The van der Waals surface area contributed by atoms with E-state index in [0.717, 1.165) is 5.56 Å². The molecule has 4 nitrogen and oxygen atoms in total. The maximum absolute atomic E-state index is 11.8. The van der Waals surface area contributed by atoms with E-state index in [4.69, 9.17) is 15.2 Å². The summed E-state index contributed by atoms with van der Waals surface area (Å²) in [7, 11) is 3.09. The number of aryl methyl sites for hydroxylation is 1. The van der Waals surface area contributed by atoms with Gasteiger partial charge in [-0.3, -0.25) is 4.79 Å². The standard InChI is InChI=1S/C12H17NO3/c1-7-5-9(12(14)8(2)13)11(16-4)6-10(7)15-3/h5-6,8H,13H2,1-4H3. The number of carbonyl (C=O) groups is 1. The maximum Gasteiger partial charge on any atom is 0.182 e. The van der Waals surface area contributed by atoms with Crippen molar-refractivity contribution in [3.8, 4) is 11.5 Å². The summed E-state index contributed by atoms with van der Waals surface area (Å²) < 4.78 is 10.3. The minimum atomic E-state index is -0.540. The minimum Gasteiger partial charge on any atom is -0.496 e. The van der Waals surface area contributed by atoms with Crippen molar-refractivity contribution in [2.75, 3.05) is 14.2 Å². The van der Waals surface area contributed by atoms with Crippen molar-refractivity contribution in [2.45, 2.75) is 19.9 Å². The molecule has 1 atom stereocenters. The summed E-state index contributed by atoms with van der Waals surface area (Å²) >= 11 is 0. The zero-order chi connectivity index (χ0) is 12.3. The molecular formula is C12H17NO3. The monoisotopic (exact) mass is 223 g/mol. The van der Waals surface area contributed by atoms with Crippen LogP contribution in [0.5, 0.6) is 11.5 Å². The van der Waals surface area contributed by atoms with Crippen LogP contribution in [0.4, 0.5) is 0 Å². The highest BCUT2D eigenvalue weighted by Crippen LogP contribution is 2.29. The van der Waals surface area contributed by atoms with Crippen molar-refractivity contribution in [1.82, 2.24) is 0 Å². The molecule has 0 aromatic heterocycles. The highest BCUT2D eigenvalue weighted by atomic mass is 16.5. The molecule has 0 amide bonds. The quantitative estimate of drug-likeness (QED) is 0.786. The van der Waals surface area contributed by atoms with E-state index < -0.39 is 6.04 Å². The fraction of sp³-hybridized carbons (Fsp3) is 0.417. The lowest BCUT2D eigenvalue weighted by atomic mass is 10.0. The fourth-order valence-corrected chi connectivity index (χ4v) is 1.50. The zero-order valence-electron chi connectivity index (χ0n) is 10.0. The average molecular weight is 223 g/mol. The number of rotatable bonds is 4. The van der Waals surface area contributed by atoms with E-state index in [2.05, 4.69) is 0 Å². The topological polar surface area (TPSA) is 61.5 Å². The summed E-state index contributed by atoms with van der Waals surface area (Å²) in [6.45, 7) is 3.53. The van der Waals surface area contributed by atoms with Crippen LogP contribution in [0.15, 0.2) is 12.1 Å². The van der Waals surface area contributed by atoms with Gasteiger partial charge in [0.2, 0.25) is 0 Å². The van der Waals surface area contributed by atoms with Crippen molar-refractivity contribution < 1.29 is 14.3 Å². The first-order chi connectivity index (χ1) is 7.51. The lowest BCUT2D eigenvalue weighted by Gasteiger charge is -2.13. The van der Waals surface area contributed by atoms with E-state index >= 15 is 0 Å². The van der Waals surface area contributed by atoms with Gasteiger partial charge in [0.15, 0.2) is 5.78 Å². The Bertz CT molecular complexity index is 399. The van der Waals surface area contributed by atoms with Crippen LogP contribution in [-0.2, 0) is 0 Å². The summed E-state index contributed by atoms with van der Waals surface area (Å²) in [5.41, 5.74) is 6.95. The zero-order valence-corrected chi connectivity index (χ0v) is 10.0. The largest absolute Gasteiger partial charge is 0.496 e. The highest BCUT2D eigenvalue weighted by molar-refractivity contribution is 6.02. The maximum atomic E-state index is 11.8. The molecular weight excluding hydrogens is 206 g/mol. The van der Waals surface area contributed by atoms with Gasteiger partial charge in [-0.25, -0.2) is 0 Å². The van der Waals surface area contributed by atoms with Gasteiger partial charge in [0.1, 0.15) is 11.5 Å². The number of nitrogens with two attached hydrogens (primary N) is 1. The first-order valence-electron chi connectivity index (χ1n) is 5.03. The summed E-state index contributed by atoms with van der Waals surface area (Å²) in [5.74, 6) is 1.05. The second-order valence-corrected chi connectivity index (χ2v) is 3.68. The van der Waals surface area contributed by atoms with E-state index in [-0.39, 0.29) is 5.78 Å². The van der Waals surface area contributed by atoms with Gasteiger partial charge >= 0.3 is 0 Å². The number of Topliss-reactive ketones (excluding diaryl/α,β-unsaturated/α-hetero) is 1. The molecule has 2 N–H and O–H groups in total. The van der Waals surface area contributed by atoms with Crippen molar-refractivity contribution in [2.24, 2.45) is 5.73 Å². The Morgan fingerprint density at radius 2 is 1.81 bits per heavy atom. The Hall–Kier alpha value is -1.55. The first-order valence-corrected chi connectivity index (χ1v) is 5.03. The van der Waals surface area contributed by atoms with Crippen molar-refractivity contribution in [3.63, 3.8) is 0 Å². The number of ketones is 1. The number of carbonyl (C=O) groups excluding carboxylic acids is 1. The van der Waals surface area contributed by atoms with Crippen LogP contribution < -0.4 is 15.2 Å². The van der Waals surface area contributed by atoms with Gasteiger partial charge in [-0.2, -0.15) is 0 Å². The number of ether oxygens (including phenoxy) is 2. The molecule has 1 unspecified atom stereocenters. The molecule has 0 saturated heterocycles. The van der Waals surface area contributed by atoms with E-state index in [1.165, 1.54) is 7.11 Å². The second-order valence-electron chi connectivity index (χ2n) is 3.68. The Balaban J connectivity index is 3.28. The van der Waals surface area contributed by atoms with Gasteiger partial charge in [-0.05, 0) is 25.5 Å². The molecule has 0 aliphatic heterocycles. The van der Waals surface area contributed by atoms with Crippen molar-refractivity contribution >= 4 is 5.78 Å². The molecule has 0 radical (unpaired) electrons. The third kappa shape index (κ3) is 2.33. The molecule has 16 heavy (non-hydrogen) atoms. The van der Waals surface area contributed by atoms with Crippen LogP contribution in [0.2, 0.25) is 0 Å². The lowest BCUT2D eigenvalue weighted by Crippen LogP contribution is -2.27. The van der Waals surface area contributed by atoms with E-state index in [9.17, 15) is 4.79 Å². The van der Waals surface area contributed by atoms with Gasteiger partial charge in [-0.1, -0.05) is 0 Å². The molecule has 0 saturated carbocycles.